The van der Waals surface area contributed by atoms with E-state index in [1.54, 1.807) is 24.3 Å². The number of hydrogen-bond acceptors (Lipinski definition) is 4. The number of aryl methyl sites for hydroxylation is 1. The number of anilines is 1. The van der Waals surface area contributed by atoms with Gasteiger partial charge in [0.15, 0.2) is 9.84 Å². The smallest absolute Gasteiger partial charge is 0.247 e. The van der Waals surface area contributed by atoms with Crippen LogP contribution in [0, 0.1) is 6.92 Å². The minimum absolute atomic E-state index is 0.135. The summed E-state index contributed by atoms with van der Waals surface area (Å²) < 4.78 is 25.4. The van der Waals surface area contributed by atoms with E-state index in [1.165, 1.54) is 0 Å². The van der Waals surface area contributed by atoms with Crippen LogP contribution < -0.4 is 10.6 Å². The zero-order valence-corrected chi connectivity index (χ0v) is 15.0. The molecule has 0 fully saturated rings. The summed E-state index contributed by atoms with van der Waals surface area (Å²) in [5.74, 6) is -0.959. The van der Waals surface area contributed by atoms with E-state index in [0.29, 0.717) is 12.0 Å². The molecule has 0 spiro atoms. The first-order valence-corrected chi connectivity index (χ1v) is 9.93. The largest absolute Gasteiger partial charge is 0.343 e. The van der Waals surface area contributed by atoms with Gasteiger partial charge in [-0.3, -0.25) is 9.59 Å². The second-order valence-electron chi connectivity index (χ2n) is 6.76. The molecule has 0 aromatic heterocycles. The lowest BCUT2D eigenvalue weighted by Gasteiger charge is -2.26. The molecule has 6 nitrogen and oxygen atoms in total. The van der Waals surface area contributed by atoms with Crippen LogP contribution in [0.3, 0.4) is 0 Å². The first kappa shape index (κ1) is 16.8. The lowest BCUT2D eigenvalue weighted by atomic mass is 9.98. The van der Waals surface area contributed by atoms with Crippen LogP contribution in [0.5, 0.6) is 0 Å². The number of nitrogens with one attached hydrogen (secondary N) is 2. The van der Waals surface area contributed by atoms with Gasteiger partial charge in [-0.15, -0.1) is 0 Å². The van der Waals surface area contributed by atoms with Crippen molar-refractivity contribution in [1.82, 2.24) is 5.32 Å². The SMILES string of the molecule is Cc1ccc2c(c1)CC(C(=O)NC1Cc3ccccc3NC1=O)S2(=O)=O. The summed E-state index contributed by atoms with van der Waals surface area (Å²) in [6.07, 6.45) is 0.475. The van der Waals surface area contributed by atoms with E-state index in [2.05, 4.69) is 10.6 Å². The molecule has 2 amide bonds. The third-order valence-corrected chi connectivity index (χ3v) is 7.07. The zero-order chi connectivity index (χ0) is 18.5. The third kappa shape index (κ3) is 2.68. The van der Waals surface area contributed by atoms with Crippen LogP contribution in [-0.4, -0.2) is 31.5 Å². The van der Waals surface area contributed by atoms with Crippen LogP contribution in [0.2, 0.25) is 0 Å². The fourth-order valence-corrected chi connectivity index (χ4v) is 5.40. The highest BCUT2D eigenvalue weighted by atomic mass is 32.2. The number of carbonyl (C=O) groups excluding carboxylic acids is 2. The molecule has 0 bridgehead atoms. The van der Waals surface area contributed by atoms with Crippen molar-refractivity contribution in [3.05, 3.63) is 59.2 Å². The molecule has 0 saturated heterocycles. The summed E-state index contributed by atoms with van der Waals surface area (Å²) in [5, 5.41) is 4.18. The number of hydrogen-bond donors (Lipinski definition) is 2. The summed E-state index contributed by atoms with van der Waals surface area (Å²) in [5.41, 5.74) is 3.23. The van der Waals surface area contributed by atoms with Gasteiger partial charge in [0.2, 0.25) is 11.8 Å². The van der Waals surface area contributed by atoms with E-state index >= 15 is 0 Å². The van der Waals surface area contributed by atoms with Crippen LogP contribution >= 0.6 is 0 Å². The molecule has 0 aliphatic carbocycles. The molecule has 2 N–H and O–H groups in total. The van der Waals surface area contributed by atoms with Crippen molar-refractivity contribution >= 4 is 27.3 Å². The van der Waals surface area contributed by atoms with Crippen molar-refractivity contribution in [1.29, 1.82) is 0 Å². The molecule has 2 aliphatic heterocycles. The summed E-state index contributed by atoms with van der Waals surface area (Å²) in [7, 11) is -3.73. The van der Waals surface area contributed by atoms with Crippen molar-refractivity contribution in [2.45, 2.75) is 36.0 Å². The third-order valence-electron chi connectivity index (χ3n) is 4.93. The first-order chi connectivity index (χ1) is 12.4. The van der Waals surface area contributed by atoms with Crippen LogP contribution in [-0.2, 0) is 32.3 Å². The van der Waals surface area contributed by atoms with Crippen molar-refractivity contribution in [3.63, 3.8) is 0 Å². The molecular formula is C19H18N2O4S. The van der Waals surface area contributed by atoms with E-state index in [9.17, 15) is 18.0 Å². The molecular weight excluding hydrogens is 352 g/mol. The molecule has 4 rings (SSSR count). The topological polar surface area (TPSA) is 92.3 Å². The van der Waals surface area contributed by atoms with E-state index < -0.39 is 27.0 Å². The van der Waals surface area contributed by atoms with Gasteiger partial charge in [0.25, 0.3) is 0 Å². The second-order valence-corrected chi connectivity index (χ2v) is 8.86. The standard InChI is InChI=1S/C19H18N2O4S/c1-11-6-7-16-13(8-11)10-17(26(16,24)25)19(23)21-15-9-12-4-2-3-5-14(12)20-18(15)22/h2-8,15,17H,9-10H2,1H3,(H,20,22)(H,21,23). The number of rotatable bonds is 2. The highest BCUT2D eigenvalue weighted by Gasteiger charge is 2.43. The minimum Gasteiger partial charge on any atom is -0.343 e. The average molecular weight is 370 g/mol. The van der Waals surface area contributed by atoms with Gasteiger partial charge >= 0.3 is 0 Å². The summed E-state index contributed by atoms with van der Waals surface area (Å²) in [4.78, 5) is 25.1. The van der Waals surface area contributed by atoms with Crippen LogP contribution in [0.1, 0.15) is 16.7 Å². The van der Waals surface area contributed by atoms with Crippen LogP contribution in [0.4, 0.5) is 5.69 Å². The quantitative estimate of drug-likeness (QED) is 0.835. The van der Waals surface area contributed by atoms with Gasteiger partial charge < -0.3 is 10.6 Å². The molecule has 0 radical (unpaired) electrons. The van der Waals surface area contributed by atoms with E-state index in [-0.39, 0.29) is 17.2 Å². The molecule has 26 heavy (non-hydrogen) atoms. The molecule has 2 aromatic rings. The number of benzene rings is 2. The number of amides is 2. The second kappa shape index (κ2) is 5.95. The van der Waals surface area contributed by atoms with Gasteiger partial charge in [-0.05, 0) is 36.6 Å². The number of sulfone groups is 1. The Bertz CT molecular complexity index is 1030. The normalized spacial score (nSPS) is 22.9. The highest BCUT2D eigenvalue weighted by Crippen LogP contribution is 2.32. The summed E-state index contributed by atoms with van der Waals surface area (Å²) >= 11 is 0. The fourth-order valence-electron chi connectivity index (χ4n) is 3.58. The predicted octanol–water partition coefficient (Wildman–Crippen LogP) is 1.37. The van der Waals surface area contributed by atoms with Gasteiger partial charge in [0, 0.05) is 12.1 Å². The van der Waals surface area contributed by atoms with Crippen LogP contribution in [0.25, 0.3) is 0 Å². The zero-order valence-electron chi connectivity index (χ0n) is 14.2. The Morgan fingerprint density at radius 3 is 2.69 bits per heavy atom. The van der Waals surface area contributed by atoms with Crippen molar-refractivity contribution in [3.8, 4) is 0 Å². The Kier molecular flexibility index (Phi) is 3.84. The minimum atomic E-state index is -3.73. The molecule has 0 saturated carbocycles. The maximum absolute atomic E-state index is 12.7. The highest BCUT2D eigenvalue weighted by molar-refractivity contribution is 7.93. The number of carbonyl (C=O) groups is 2. The lowest BCUT2D eigenvalue weighted by Crippen LogP contribution is -2.51. The predicted molar refractivity (Wildman–Crippen MR) is 96.6 cm³/mol. The summed E-state index contributed by atoms with van der Waals surface area (Å²) in [6, 6.07) is 11.6. The van der Waals surface area contributed by atoms with Gasteiger partial charge in [0.1, 0.15) is 11.3 Å². The number of para-hydroxylation sites is 1. The maximum Gasteiger partial charge on any atom is 0.247 e. The van der Waals surface area contributed by atoms with E-state index in [1.807, 2.05) is 25.1 Å². The van der Waals surface area contributed by atoms with Gasteiger partial charge in [-0.2, -0.15) is 0 Å². The lowest BCUT2D eigenvalue weighted by molar-refractivity contribution is -0.126. The molecule has 2 heterocycles. The van der Waals surface area contributed by atoms with Gasteiger partial charge in [0.05, 0.1) is 4.90 Å². The molecule has 7 heteroatoms. The Labute approximate surface area is 151 Å². The molecule has 2 aliphatic rings. The fraction of sp³-hybridized carbons (Fsp3) is 0.263. The Morgan fingerprint density at radius 1 is 1.12 bits per heavy atom. The Balaban J connectivity index is 1.56. The first-order valence-electron chi connectivity index (χ1n) is 8.39. The van der Waals surface area contributed by atoms with Gasteiger partial charge in [-0.1, -0.05) is 35.9 Å². The van der Waals surface area contributed by atoms with Crippen LogP contribution in [0.15, 0.2) is 47.4 Å². The average Bonchev–Trinajstić information content (AvgIpc) is 2.86. The summed E-state index contributed by atoms with van der Waals surface area (Å²) in [6.45, 7) is 1.88. The van der Waals surface area contributed by atoms with Crippen molar-refractivity contribution < 1.29 is 18.0 Å². The van der Waals surface area contributed by atoms with Gasteiger partial charge in [-0.25, -0.2) is 8.42 Å². The monoisotopic (exact) mass is 370 g/mol. The Morgan fingerprint density at radius 2 is 1.88 bits per heavy atom. The van der Waals surface area contributed by atoms with E-state index in [4.69, 9.17) is 0 Å². The Hall–Kier alpha value is -2.67. The molecule has 2 atom stereocenters. The maximum atomic E-state index is 12.7. The molecule has 134 valence electrons. The molecule has 2 aromatic carbocycles. The van der Waals surface area contributed by atoms with Crippen molar-refractivity contribution in [2.75, 3.05) is 5.32 Å². The van der Waals surface area contributed by atoms with E-state index in [0.717, 1.165) is 16.8 Å². The van der Waals surface area contributed by atoms with Crippen molar-refractivity contribution in [2.24, 2.45) is 0 Å². The molecule has 2 unspecified atom stereocenters. The number of fused-ring (bicyclic) bond motifs is 2.